The summed E-state index contributed by atoms with van der Waals surface area (Å²) in [7, 11) is 4.02. The maximum Gasteiger partial charge on any atom is 0.145 e. The lowest BCUT2D eigenvalue weighted by molar-refractivity contribution is 0.0842. The molecule has 1 saturated heterocycles. The number of nitrogens with zero attached hydrogens (tertiary/aromatic N) is 5. The molecule has 1 aromatic heterocycles. The van der Waals surface area contributed by atoms with Gasteiger partial charge in [-0.1, -0.05) is 6.07 Å². The van der Waals surface area contributed by atoms with Gasteiger partial charge in [0.25, 0.3) is 0 Å². The molecule has 22 heavy (non-hydrogen) atoms. The molecule has 1 aliphatic rings. The van der Waals surface area contributed by atoms with Gasteiger partial charge in [-0.15, -0.1) is 0 Å². The van der Waals surface area contributed by atoms with E-state index in [1.165, 1.54) is 0 Å². The Morgan fingerprint density at radius 1 is 1.36 bits per heavy atom. The van der Waals surface area contributed by atoms with E-state index in [4.69, 9.17) is 5.26 Å². The number of nitriles is 1. The largest absolute Gasteiger partial charge is 0.390 e. The topological polar surface area (TPSA) is 66.6 Å². The average Bonchev–Trinajstić information content (AvgIpc) is 2.50. The SMILES string of the molecule is Cc1ccc(N(C)CC(O)CN2CCN(C)CC2)nc1C#N. The number of aliphatic hydroxyl groups is 1. The number of aromatic nitrogens is 1. The molecule has 120 valence electrons. The number of piperazine rings is 1. The van der Waals surface area contributed by atoms with Crippen molar-refractivity contribution >= 4 is 5.82 Å². The number of β-amino-alcohol motifs (C(OH)–C–C–N with tert-alkyl or cyclic N) is 1. The fraction of sp³-hybridized carbons (Fsp3) is 0.625. The number of likely N-dealkylation sites (N-methyl/N-ethyl adjacent to an activating group) is 2. The predicted octanol–water partition coefficient (Wildman–Crippen LogP) is 0.306. The summed E-state index contributed by atoms with van der Waals surface area (Å²) in [5, 5.41) is 19.3. The average molecular weight is 303 g/mol. The summed E-state index contributed by atoms with van der Waals surface area (Å²) in [6.07, 6.45) is -0.429. The predicted molar refractivity (Wildman–Crippen MR) is 86.9 cm³/mol. The molecular weight excluding hydrogens is 278 g/mol. The minimum atomic E-state index is -0.429. The molecule has 1 atom stereocenters. The number of hydrogen-bond acceptors (Lipinski definition) is 6. The van der Waals surface area contributed by atoms with Gasteiger partial charge < -0.3 is 14.9 Å². The van der Waals surface area contributed by atoms with E-state index in [0.717, 1.165) is 37.6 Å². The standard InChI is InChI=1S/C16H25N5O/c1-13-4-5-16(18-15(13)10-17)20(3)11-14(22)12-21-8-6-19(2)7-9-21/h4-5,14,22H,6-9,11-12H2,1-3H3. The molecule has 0 bridgehead atoms. The normalized spacial score (nSPS) is 18.0. The monoisotopic (exact) mass is 303 g/mol. The molecule has 6 nitrogen and oxygen atoms in total. The molecule has 0 amide bonds. The molecule has 1 unspecified atom stereocenters. The van der Waals surface area contributed by atoms with Gasteiger partial charge in [0.2, 0.25) is 0 Å². The Morgan fingerprint density at radius 2 is 2.05 bits per heavy atom. The lowest BCUT2D eigenvalue weighted by atomic mass is 10.2. The van der Waals surface area contributed by atoms with Crippen LogP contribution in [0.3, 0.4) is 0 Å². The third-order valence-electron chi connectivity index (χ3n) is 4.13. The van der Waals surface area contributed by atoms with Gasteiger partial charge in [0.15, 0.2) is 0 Å². The van der Waals surface area contributed by atoms with Crippen molar-refractivity contribution in [1.82, 2.24) is 14.8 Å². The molecule has 2 rings (SSSR count). The fourth-order valence-corrected chi connectivity index (χ4v) is 2.64. The Kier molecular flexibility index (Phi) is 5.72. The Morgan fingerprint density at radius 3 is 2.68 bits per heavy atom. The molecule has 1 aromatic rings. The van der Waals surface area contributed by atoms with Gasteiger partial charge >= 0.3 is 0 Å². The maximum atomic E-state index is 10.3. The summed E-state index contributed by atoms with van der Waals surface area (Å²) in [5.41, 5.74) is 1.32. The van der Waals surface area contributed by atoms with E-state index in [1.807, 2.05) is 31.0 Å². The van der Waals surface area contributed by atoms with E-state index in [-0.39, 0.29) is 0 Å². The van der Waals surface area contributed by atoms with Crippen molar-refractivity contribution in [3.63, 3.8) is 0 Å². The van der Waals surface area contributed by atoms with Crippen LogP contribution < -0.4 is 4.90 Å². The lowest BCUT2D eigenvalue weighted by Gasteiger charge is -2.34. The van der Waals surface area contributed by atoms with Gasteiger partial charge in [0.05, 0.1) is 6.10 Å². The maximum absolute atomic E-state index is 10.3. The first-order valence-corrected chi connectivity index (χ1v) is 7.67. The molecule has 0 radical (unpaired) electrons. The molecule has 2 heterocycles. The zero-order chi connectivity index (χ0) is 16.1. The number of pyridine rings is 1. The minimum Gasteiger partial charge on any atom is -0.390 e. The van der Waals surface area contributed by atoms with Crippen molar-refractivity contribution in [2.45, 2.75) is 13.0 Å². The van der Waals surface area contributed by atoms with E-state index in [2.05, 4.69) is 27.9 Å². The third-order valence-corrected chi connectivity index (χ3v) is 4.13. The fourth-order valence-electron chi connectivity index (χ4n) is 2.64. The van der Waals surface area contributed by atoms with Gasteiger partial charge in [-0.25, -0.2) is 4.98 Å². The molecular formula is C16H25N5O. The quantitative estimate of drug-likeness (QED) is 0.844. The van der Waals surface area contributed by atoms with Crippen LogP contribution in [0.2, 0.25) is 0 Å². The second-order valence-corrected chi connectivity index (χ2v) is 6.08. The first kappa shape index (κ1) is 16.7. The Labute approximate surface area is 132 Å². The number of aliphatic hydroxyl groups excluding tert-OH is 1. The number of aryl methyl sites for hydroxylation is 1. The van der Waals surface area contributed by atoms with Crippen molar-refractivity contribution in [1.29, 1.82) is 5.26 Å². The molecule has 6 heteroatoms. The van der Waals surface area contributed by atoms with Crippen molar-refractivity contribution in [2.24, 2.45) is 0 Å². The zero-order valence-electron chi connectivity index (χ0n) is 13.7. The lowest BCUT2D eigenvalue weighted by Crippen LogP contribution is -2.48. The van der Waals surface area contributed by atoms with E-state index in [0.29, 0.717) is 18.8 Å². The Balaban J connectivity index is 1.88. The summed E-state index contributed by atoms with van der Waals surface area (Å²) in [6, 6.07) is 5.88. The van der Waals surface area contributed by atoms with Gasteiger partial charge in [-0.05, 0) is 25.6 Å². The molecule has 1 aliphatic heterocycles. The van der Waals surface area contributed by atoms with Crippen LogP contribution >= 0.6 is 0 Å². The third kappa shape index (κ3) is 4.41. The second-order valence-electron chi connectivity index (χ2n) is 6.08. The summed E-state index contributed by atoms with van der Waals surface area (Å²) in [6.45, 7) is 7.15. The van der Waals surface area contributed by atoms with Gasteiger partial charge in [-0.3, -0.25) is 4.90 Å². The van der Waals surface area contributed by atoms with Crippen molar-refractivity contribution in [2.75, 3.05) is 58.3 Å². The van der Waals surface area contributed by atoms with Crippen LogP contribution in [0.4, 0.5) is 5.82 Å². The Bertz CT molecular complexity index is 534. The summed E-state index contributed by atoms with van der Waals surface area (Å²) in [4.78, 5) is 10.8. The highest BCUT2D eigenvalue weighted by Crippen LogP contribution is 2.13. The van der Waals surface area contributed by atoms with Crippen LogP contribution in [0, 0.1) is 18.3 Å². The highest BCUT2D eigenvalue weighted by molar-refractivity contribution is 5.44. The second kappa shape index (κ2) is 7.54. The molecule has 0 aliphatic carbocycles. The van der Waals surface area contributed by atoms with Crippen LogP contribution in [0.25, 0.3) is 0 Å². The van der Waals surface area contributed by atoms with Crippen LogP contribution in [-0.4, -0.2) is 79.4 Å². The summed E-state index contributed by atoms with van der Waals surface area (Å²) >= 11 is 0. The van der Waals surface area contributed by atoms with Crippen molar-refractivity contribution < 1.29 is 5.11 Å². The van der Waals surface area contributed by atoms with Crippen molar-refractivity contribution in [3.8, 4) is 6.07 Å². The van der Waals surface area contributed by atoms with E-state index in [1.54, 1.807) is 0 Å². The van der Waals surface area contributed by atoms with Crippen LogP contribution in [-0.2, 0) is 0 Å². The molecule has 1 N–H and O–H groups in total. The van der Waals surface area contributed by atoms with Crippen molar-refractivity contribution in [3.05, 3.63) is 23.4 Å². The molecule has 0 aromatic carbocycles. The Hall–Kier alpha value is -1.68. The highest BCUT2D eigenvalue weighted by atomic mass is 16.3. The molecule has 0 saturated carbocycles. The van der Waals surface area contributed by atoms with Gasteiger partial charge in [0.1, 0.15) is 17.6 Å². The van der Waals surface area contributed by atoms with Crippen LogP contribution in [0.15, 0.2) is 12.1 Å². The number of hydrogen-bond donors (Lipinski definition) is 1. The summed E-state index contributed by atoms with van der Waals surface area (Å²) < 4.78 is 0. The van der Waals surface area contributed by atoms with Gasteiger partial charge in [-0.2, -0.15) is 5.26 Å². The smallest absolute Gasteiger partial charge is 0.145 e. The van der Waals surface area contributed by atoms with Crippen LogP contribution in [0.5, 0.6) is 0 Å². The van der Waals surface area contributed by atoms with E-state index >= 15 is 0 Å². The van der Waals surface area contributed by atoms with Gasteiger partial charge in [0, 0.05) is 46.3 Å². The number of anilines is 1. The first-order chi connectivity index (χ1) is 10.5. The first-order valence-electron chi connectivity index (χ1n) is 7.67. The molecule has 1 fully saturated rings. The molecule has 0 spiro atoms. The van der Waals surface area contributed by atoms with E-state index in [9.17, 15) is 5.11 Å². The zero-order valence-corrected chi connectivity index (χ0v) is 13.7. The number of rotatable bonds is 5. The minimum absolute atomic E-state index is 0.429. The van der Waals surface area contributed by atoms with E-state index < -0.39 is 6.10 Å². The van der Waals surface area contributed by atoms with Crippen LogP contribution in [0.1, 0.15) is 11.3 Å². The summed E-state index contributed by atoms with van der Waals surface area (Å²) in [5.74, 6) is 0.722. The highest BCUT2D eigenvalue weighted by Gasteiger charge is 2.18.